The van der Waals surface area contributed by atoms with Gasteiger partial charge in [0.1, 0.15) is 0 Å². The molecule has 0 bridgehead atoms. The highest BCUT2D eigenvalue weighted by atomic mass is 35.5. The smallest absolute Gasteiger partial charge is 0.0108 e. The molecule has 0 spiro atoms. The Bertz CT molecular complexity index is 4.00. The van der Waals surface area contributed by atoms with Crippen LogP contribution in [0.15, 0.2) is 0 Å². The molecule has 0 heterocycles. The highest BCUT2D eigenvalue weighted by Crippen LogP contribution is 1.34. The molecule has 0 aliphatic rings. The molecule has 0 aromatic rings. The van der Waals surface area contributed by atoms with Crippen LogP contribution in [-0.2, 0) is 0 Å². The molecule has 0 saturated heterocycles. The molecule has 0 radical (unpaired) electrons. The summed E-state index contributed by atoms with van der Waals surface area (Å²) in [4.78, 5) is 0. The van der Waals surface area contributed by atoms with Crippen molar-refractivity contribution in [1.29, 1.82) is 0 Å². The molecule has 0 aliphatic heterocycles. The Labute approximate surface area is 36.7 Å². The first-order chi connectivity index (χ1) is 2.00. The van der Waals surface area contributed by atoms with E-state index in [1.807, 2.05) is 0 Å². The molecular formula is C2H6Cl2. The van der Waals surface area contributed by atoms with Gasteiger partial charge in [-0.3, -0.25) is 0 Å². The van der Waals surface area contributed by atoms with E-state index >= 15 is 0 Å². The maximum Gasteiger partial charge on any atom is 0.0108 e. The third kappa shape index (κ3) is 19.1. The Balaban J connectivity index is 0. The van der Waals surface area contributed by atoms with Crippen LogP contribution in [0.4, 0.5) is 0 Å². The second-order valence-corrected chi connectivity index (χ2v) is 0. The van der Waals surface area contributed by atoms with Crippen molar-refractivity contribution in [1.82, 2.24) is 0 Å². The molecule has 0 nitrogen and oxygen atoms in total. The first kappa shape index (κ1) is 8.82. The van der Waals surface area contributed by atoms with E-state index in [0.29, 0.717) is 0 Å². The van der Waals surface area contributed by atoms with Crippen molar-refractivity contribution in [3.8, 4) is 0 Å². The van der Waals surface area contributed by atoms with Gasteiger partial charge in [-0.2, -0.15) is 0 Å². The van der Waals surface area contributed by atoms with Crippen molar-refractivity contribution in [3.05, 3.63) is 0 Å². The maximum absolute atomic E-state index is 4.64. The van der Waals surface area contributed by atoms with Crippen molar-refractivity contribution in [2.75, 3.05) is 12.8 Å². The fourth-order valence-corrected chi connectivity index (χ4v) is 0. The van der Waals surface area contributed by atoms with E-state index < -0.39 is 0 Å². The molecule has 0 unspecified atom stereocenters. The predicted molar refractivity (Wildman–Crippen MR) is 23.6 cm³/mol. The topological polar surface area (TPSA) is 0 Å². The number of alkyl halides is 2. The molecule has 0 aromatic heterocycles. The molecule has 0 fully saturated rings. The van der Waals surface area contributed by atoms with Gasteiger partial charge in [-0.1, -0.05) is 0 Å². The van der Waals surface area contributed by atoms with Crippen LogP contribution in [0, 0.1) is 0 Å². The van der Waals surface area contributed by atoms with Gasteiger partial charge < -0.3 is 0 Å². The summed E-state index contributed by atoms with van der Waals surface area (Å²) in [6.45, 7) is 0. The van der Waals surface area contributed by atoms with Gasteiger partial charge in [0.15, 0.2) is 0 Å². The van der Waals surface area contributed by atoms with Crippen molar-refractivity contribution >= 4 is 23.2 Å². The van der Waals surface area contributed by atoms with Crippen LogP contribution in [-0.4, -0.2) is 12.8 Å². The molecule has 0 saturated carbocycles. The lowest BCUT2D eigenvalue weighted by molar-refractivity contribution is 2.46. The average molecular weight is 101 g/mol. The van der Waals surface area contributed by atoms with Crippen LogP contribution in [0.5, 0.6) is 0 Å². The Morgan fingerprint density at radius 1 is 0.750 bits per heavy atom. The largest absolute Gasteiger partial charge is 0.130 e. The van der Waals surface area contributed by atoms with Gasteiger partial charge in [-0.05, 0) is 0 Å². The Kier molecular flexibility index (Phi) is 156. The molecule has 0 N–H and O–H groups in total. The summed E-state index contributed by atoms with van der Waals surface area (Å²) in [5.74, 6) is 0. The highest BCUT2D eigenvalue weighted by molar-refractivity contribution is 6.15. The van der Waals surface area contributed by atoms with Crippen LogP contribution in [0.3, 0.4) is 0 Å². The normalized spacial score (nSPS) is 3.00. The van der Waals surface area contributed by atoms with Crippen molar-refractivity contribution < 1.29 is 0 Å². The zero-order valence-electron chi connectivity index (χ0n) is 2.76. The van der Waals surface area contributed by atoms with E-state index in [1.54, 1.807) is 0 Å². The first-order valence-corrected chi connectivity index (χ1v) is 2.27. The summed E-state index contributed by atoms with van der Waals surface area (Å²) in [5, 5.41) is 0. The van der Waals surface area contributed by atoms with Gasteiger partial charge in [-0.25, -0.2) is 0 Å². The Morgan fingerprint density at radius 3 is 0.750 bits per heavy atom. The zero-order chi connectivity index (χ0) is 4.00. The number of halogens is 2. The van der Waals surface area contributed by atoms with Gasteiger partial charge >= 0.3 is 0 Å². The lowest BCUT2D eigenvalue weighted by atomic mass is 12.0. The van der Waals surface area contributed by atoms with Gasteiger partial charge in [0, 0.05) is 12.8 Å². The second-order valence-electron chi connectivity index (χ2n) is 0. The highest BCUT2D eigenvalue weighted by Gasteiger charge is 0.945. The fourth-order valence-electron chi connectivity index (χ4n) is 0. The van der Waals surface area contributed by atoms with E-state index in [4.69, 9.17) is 0 Å². The van der Waals surface area contributed by atoms with Crippen LogP contribution in [0.1, 0.15) is 0 Å². The third-order valence-electron chi connectivity index (χ3n) is 0. The number of hydrogen-bond acceptors (Lipinski definition) is 0. The molecule has 0 rings (SSSR count). The molecule has 0 aliphatic carbocycles. The summed E-state index contributed by atoms with van der Waals surface area (Å²) < 4.78 is 0. The maximum atomic E-state index is 4.64. The number of hydrogen-bond donors (Lipinski definition) is 0. The summed E-state index contributed by atoms with van der Waals surface area (Å²) >= 11 is 9.28. The van der Waals surface area contributed by atoms with Crippen LogP contribution in [0.2, 0.25) is 0 Å². The first-order valence-electron chi connectivity index (χ1n) is 0.756. The predicted octanol–water partition coefficient (Wildman–Crippen LogP) is 1.71. The minimum atomic E-state index is 1.47. The van der Waals surface area contributed by atoms with E-state index in [9.17, 15) is 0 Å². The zero-order valence-corrected chi connectivity index (χ0v) is 4.27. The van der Waals surface area contributed by atoms with Crippen molar-refractivity contribution in [2.45, 2.75) is 0 Å². The van der Waals surface area contributed by atoms with E-state index in [-0.39, 0.29) is 0 Å². The van der Waals surface area contributed by atoms with Gasteiger partial charge in [-0.15, -0.1) is 23.2 Å². The van der Waals surface area contributed by atoms with Gasteiger partial charge in [0.05, 0.1) is 0 Å². The SMILES string of the molecule is CCl.CCl. The third-order valence-corrected chi connectivity index (χ3v) is 0. The second kappa shape index (κ2) is 70.8. The van der Waals surface area contributed by atoms with Crippen LogP contribution in [0.25, 0.3) is 0 Å². The summed E-state index contributed by atoms with van der Waals surface area (Å²) in [5.41, 5.74) is 0. The Morgan fingerprint density at radius 2 is 0.750 bits per heavy atom. The number of rotatable bonds is 0. The minimum Gasteiger partial charge on any atom is -0.130 e. The molecule has 0 aromatic carbocycles. The molecule has 0 atom stereocenters. The van der Waals surface area contributed by atoms with Crippen molar-refractivity contribution in [3.63, 3.8) is 0 Å². The average Bonchev–Trinajstić information content (AvgIpc) is 1.50. The van der Waals surface area contributed by atoms with E-state index in [1.165, 1.54) is 12.8 Å². The van der Waals surface area contributed by atoms with Crippen LogP contribution >= 0.6 is 23.2 Å². The van der Waals surface area contributed by atoms with Gasteiger partial charge in [0.25, 0.3) is 0 Å². The molecular weight excluding hydrogens is 94.9 g/mol. The summed E-state index contributed by atoms with van der Waals surface area (Å²) in [6, 6.07) is 0. The van der Waals surface area contributed by atoms with Crippen molar-refractivity contribution in [2.24, 2.45) is 0 Å². The molecule has 0 amide bonds. The molecule has 2 heteroatoms. The summed E-state index contributed by atoms with van der Waals surface area (Å²) in [6.07, 6.45) is 2.94. The van der Waals surface area contributed by atoms with Crippen LogP contribution < -0.4 is 0 Å². The molecule has 28 valence electrons. The fraction of sp³-hybridized carbons (Fsp3) is 1.00. The quantitative estimate of drug-likeness (QED) is 0.407. The lowest BCUT2D eigenvalue weighted by Gasteiger charge is -1.06. The van der Waals surface area contributed by atoms with E-state index in [2.05, 4.69) is 23.2 Å². The minimum absolute atomic E-state index is 1.47. The molecule has 4 heavy (non-hydrogen) atoms. The van der Waals surface area contributed by atoms with Gasteiger partial charge in [0.2, 0.25) is 0 Å². The van der Waals surface area contributed by atoms with E-state index in [0.717, 1.165) is 0 Å². The monoisotopic (exact) mass is 100.0 g/mol. The standard InChI is InChI=1S/2CH3Cl/c2*1-2/h2*1H3. The lowest BCUT2D eigenvalue weighted by Crippen LogP contribution is -0.852. The summed E-state index contributed by atoms with van der Waals surface area (Å²) in [7, 11) is 0. The Hall–Kier alpha value is 0.580.